The first-order valence-electron chi connectivity index (χ1n) is 9.15. The van der Waals surface area contributed by atoms with Crippen LogP contribution in [0.4, 0.5) is 5.69 Å². The Kier molecular flexibility index (Phi) is 11.9. The number of nitrogens with two attached hydrogens (primary N) is 2. The lowest BCUT2D eigenvalue weighted by atomic mass is 9.79. The van der Waals surface area contributed by atoms with Gasteiger partial charge in [0.05, 0.1) is 51.4 Å². The lowest BCUT2D eigenvalue weighted by molar-refractivity contribution is -0.152. The Balaban J connectivity index is 0.000000562. The summed E-state index contributed by atoms with van der Waals surface area (Å²) < 4.78 is 18.3. The quantitative estimate of drug-likeness (QED) is 0.400. The zero-order chi connectivity index (χ0) is 22.8. The molecule has 0 bridgehead atoms. The van der Waals surface area contributed by atoms with Crippen molar-refractivity contribution in [2.75, 3.05) is 34.2 Å². The maximum Gasteiger partial charge on any atom is 0.337 e. The molecule has 4 N–H and O–H groups in total. The normalized spacial score (nSPS) is 19.5. The standard InChI is InChI=1S/C10H17NO4.C10H11NO4.CH4/c2*1-14-9(12)6-3-7(10(13)15-2)5-8(11)4-6;/h6-8H,3-5,11H2,1-2H3;3-5H,11H2,1-2H3;1H4. The molecule has 10 nitrogen and oxygen atoms in total. The van der Waals surface area contributed by atoms with Crippen molar-refractivity contribution >= 4 is 29.6 Å². The third-order valence-electron chi connectivity index (χ3n) is 4.61. The minimum Gasteiger partial charge on any atom is -0.469 e. The Hall–Kier alpha value is -3.14. The first-order valence-corrected chi connectivity index (χ1v) is 9.15. The van der Waals surface area contributed by atoms with Gasteiger partial charge in [0.1, 0.15) is 0 Å². The van der Waals surface area contributed by atoms with Crippen LogP contribution in [0.15, 0.2) is 18.2 Å². The van der Waals surface area contributed by atoms with Gasteiger partial charge < -0.3 is 30.4 Å². The van der Waals surface area contributed by atoms with Crippen LogP contribution in [0.3, 0.4) is 0 Å². The van der Waals surface area contributed by atoms with Gasteiger partial charge in [0.25, 0.3) is 0 Å². The number of esters is 4. The van der Waals surface area contributed by atoms with Gasteiger partial charge in [-0.2, -0.15) is 0 Å². The monoisotopic (exact) mass is 440 g/mol. The largest absolute Gasteiger partial charge is 0.469 e. The summed E-state index contributed by atoms with van der Waals surface area (Å²) >= 11 is 0. The number of carbonyl (C=O) groups excluding carboxylic acids is 4. The number of carbonyl (C=O) groups is 4. The summed E-state index contributed by atoms with van der Waals surface area (Å²) in [5, 5.41) is 0. The Labute approximate surface area is 182 Å². The lowest BCUT2D eigenvalue weighted by Crippen LogP contribution is -2.39. The number of methoxy groups -OCH3 is 4. The van der Waals surface area contributed by atoms with E-state index in [-0.39, 0.29) is 48.4 Å². The highest BCUT2D eigenvalue weighted by Crippen LogP contribution is 2.30. The molecule has 31 heavy (non-hydrogen) atoms. The van der Waals surface area contributed by atoms with Crippen LogP contribution in [0.25, 0.3) is 0 Å². The van der Waals surface area contributed by atoms with Crippen LogP contribution in [-0.2, 0) is 28.5 Å². The topological polar surface area (TPSA) is 157 Å². The number of anilines is 1. The molecule has 0 amide bonds. The molecule has 1 fully saturated rings. The van der Waals surface area contributed by atoms with Crippen molar-refractivity contribution < 1.29 is 38.1 Å². The smallest absolute Gasteiger partial charge is 0.337 e. The molecule has 0 aromatic heterocycles. The highest BCUT2D eigenvalue weighted by molar-refractivity contribution is 5.96. The Bertz CT molecular complexity index is 722. The molecule has 174 valence electrons. The van der Waals surface area contributed by atoms with Crippen molar-refractivity contribution in [2.45, 2.75) is 32.7 Å². The van der Waals surface area contributed by atoms with Gasteiger partial charge in [-0.3, -0.25) is 9.59 Å². The van der Waals surface area contributed by atoms with E-state index in [1.54, 1.807) is 0 Å². The molecule has 1 aliphatic carbocycles. The predicted molar refractivity (Wildman–Crippen MR) is 113 cm³/mol. The Morgan fingerprint density at radius 3 is 1.45 bits per heavy atom. The number of benzene rings is 1. The third-order valence-corrected chi connectivity index (χ3v) is 4.61. The van der Waals surface area contributed by atoms with Gasteiger partial charge in [0.2, 0.25) is 0 Å². The van der Waals surface area contributed by atoms with Crippen LogP contribution < -0.4 is 11.5 Å². The van der Waals surface area contributed by atoms with Gasteiger partial charge in [0.15, 0.2) is 0 Å². The summed E-state index contributed by atoms with van der Waals surface area (Å²) in [4.78, 5) is 45.1. The van der Waals surface area contributed by atoms with Crippen LogP contribution in [-0.4, -0.2) is 58.4 Å². The lowest BCUT2D eigenvalue weighted by Gasteiger charge is -2.29. The second kappa shape index (κ2) is 13.2. The summed E-state index contributed by atoms with van der Waals surface area (Å²) in [5.74, 6) is -2.23. The van der Waals surface area contributed by atoms with E-state index >= 15 is 0 Å². The molecule has 1 aromatic rings. The summed E-state index contributed by atoms with van der Waals surface area (Å²) in [7, 11) is 5.19. The van der Waals surface area contributed by atoms with Crippen molar-refractivity contribution in [3.8, 4) is 0 Å². The van der Waals surface area contributed by atoms with E-state index < -0.39 is 11.9 Å². The number of hydrogen-bond donors (Lipinski definition) is 2. The highest BCUT2D eigenvalue weighted by atomic mass is 16.5. The molecule has 2 rings (SSSR count). The molecule has 0 radical (unpaired) electrons. The fourth-order valence-electron chi connectivity index (χ4n) is 3.20. The van der Waals surface area contributed by atoms with Gasteiger partial charge in [0, 0.05) is 11.7 Å². The number of rotatable bonds is 4. The van der Waals surface area contributed by atoms with Gasteiger partial charge in [-0.25, -0.2) is 9.59 Å². The van der Waals surface area contributed by atoms with Crippen LogP contribution in [0, 0.1) is 11.8 Å². The minimum atomic E-state index is -0.549. The van der Waals surface area contributed by atoms with Crippen LogP contribution in [0.5, 0.6) is 0 Å². The number of ether oxygens (including phenoxy) is 4. The molecular formula is C21H32N2O8. The van der Waals surface area contributed by atoms with Gasteiger partial charge in [-0.1, -0.05) is 7.43 Å². The first kappa shape index (κ1) is 27.9. The molecule has 1 aromatic carbocycles. The van der Waals surface area contributed by atoms with Crippen molar-refractivity contribution in [2.24, 2.45) is 17.6 Å². The summed E-state index contributed by atoms with van der Waals surface area (Å²) in [6.45, 7) is 0. The highest BCUT2D eigenvalue weighted by Gasteiger charge is 2.35. The zero-order valence-electron chi connectivity index (χ0n) is 17.5. The minimum absolute atomic E-state index is 0. The van der Waals surface area contributed by atoms with Crippen LogP contribution in [0.1, 0.15) is 47.4 Å². The molecule has 2 atom stereocenters. The predicted octanol–water partition coefficient (Wildman–Crippen LogP) is 1.55. The maximum atomic E-state index is 11.3. The van der Waals surface area contributed by atoms with Gasteiger partial charge in [-0.15, -0.1) is 0 Å². The van der Waals surface area contributed by atoms with Gasteiger partial charge in [-0.05, 0) is 37.5 Å². The molecular weight excluding hydrogens is 408 g/mol. The van der Waals surface area contributed by atoms with Crippen molar-refractivity contribution in [1.29, 1.82) is 0 Å². The molecule has 10 heteroatoms. The Morgan fingerprint density at radius 1 is 0.742 bits per heavy atom. The van der Waals surface area contributed by atoms with E-state index in [1.807, 2.05) is 0 Å². The second-order valence-electron chi connectivity index (χ2n) is 6.73. The summed E-state index contributed by atoms with van der Waals surface area (Å²) in [6, 6.07) is 4.09. The average molecular weight is 440 g/mol. The molecule has 2 unspecified atom stereocenters. The molecule has 0 heterocycles. The summed E-state index contributed by atoms with van der Waals surface area (Å²) in [6.07, 6.45) is 1.65. The van der Waals surface area contributed by atoms with E-state index in [0.717, 1.165) is 0 Å². The zero-order valence-corrected chi connectivity index (χ0v) is 17.5. The SMILES string of the molecule is C.COC(=O)C1CC(N)CC(C(=O)OC)C1.COC(=O)c1cc(N)cc(C(=O)OC)c1. The molecule has 0 saturated heterocycles. The fourth-order valence-corrected chi connectivity index (χ4v) is 3.20. The molecule has 0 aliphatic heterocycles. The first-order chi connectivity index (χ1) is 14.2. The van der Waals surface area contributed by atoms with Crippen molar-refractivity contribution in [3.05, 3.63) is 29.3 Å². The third kappa shape index (κ3) is 8.25. The van der Waals surface area contributed by atoms with Crippen LogP contribution in [0.2, 0.25) is 0 Å². The van der Waals surface area contributed by atoms with Crippen LogP contribution >= 0.6 is 0 Å². The van der Waals surface area contributed by atoms with E-state index in [0.29, 0.717) is 24.9 Å². The van der Waals surface area contributed by atoms with E-state index in [2.05, 4.69) is 18.9 Å². The van der Waals surface area contributed by atoms with E-state index in [4.69, 9.17) is 11.5 Å². The van der Waals surface area contributed by atoms with E-state index in [1.165, 1.54) is 46.6 Å². The number of hydrogen-bond acceptors (Lipinski definition) is 10. The van der Waals surface area contributed by atoms with Crippen molar-refractivity contribution in [3.63, 3.8) is 0 Å². The number of nitrogen functional groups attached to an aromatic ring is 1. The molecule has 1 saturated carbocycles. The van der Waals surface area contributed by atoms with Gasteiger partial charge >= 0.3 is 23.9 Å². The summed E-state index contributed by atoms with van der Waals surface area (Å²) in [5.41, 5.74) is 12.1. The molecule has 0 spiro atoms. The average Bonchev–Trinajstić information content (AvgIpc) is 2.76. The fraction of sp³-hybridized carbons (Fsp3) is 0.524. The van der Waals surface area contributed by atoms with Crippen molar-refractivity contribution in [1.82, 2.24) is 0 Å². The maximum absolute atomic E-state index is 11.3. The van der Waals surface area contributed by atoms with E-state index in [9.17, 15) is 19.2 Å². The second-order valence-corrected chi connectivity index (χ2v) is 6.73. The Morgan fingerprint density at radius 2 is 1.13 bits per heavy atom. The molecule has 1 aliphatic rings.